The lowest BCUT2D eigenvalue weighted by atomic mass is 10.1. The number of ether oxygens (including phenoxy) is 1. The van der Waals surface area contributed by atoms with Gasteiger partial charge in [0.15, 0.2) is 4.87 Å². The molecule has 0 bridgehead atoms. The Morgan fingerprint density at radius 2 is 1.96 bits per heavy atom. The normalized spacial score (nSPS) is 21.2. The summed E-state index contributed by atoms with van der Waals surface area (Å²) in [5, 5.41) is 0. The summed E-state index contributed by atoms with van der Waals surface area (Å²) in [7, 11) is 1.05. The maximum Gasteiger partial charge on any atom is 0.416 e. The Bertz CT molecular complexity index is 731. The molecule has 130 valence electrons. The molecule has 0 radical (unpaired) electrons. The van der Waals surface area contributed by atoms with E-state index in [4.69, 9.17) is 34.8 Å². The van der Waals surface area contributed by atoms with Crippen molar-refractivity contribution >= 4 is 52.4 Å². The molecule has 4 nitrogen and oxygen atoms in total. The van der Waals surface area contributed by atoms with E-state index >= 15 is 0 Å². The zero-order chi connectivity index (χ0) is 18.3. The third kappa shape index (κ3) is 3.20. The van der Waals surface area contributed by atoms with Crippen LogP contribution in [-0.4, -0.2) is 23.9 Å². The molecular formula is C14H9Cl3F3NO3. The molecule has 1 aromatic rings. The first-order chi connectivity index (χ1) is 11.0. The van der Waals surface area contributed by atoms with Gasteiger partial charge in [0.1, 0.15) is 4.49 Å². The highest BCUT2D eigenvalue weighted by atomic mass is 35.5. The van der Waals surface area contributed by atoms with Crippen molar-refractivity contribution in [3.05, 3.63) is 40.0 Å². The molecule has 0 aliphatic carbocycles. The van der Waals surface area contributed by atoms with Crippen LogP contribution >= 0.6 is 34.8 Å². The number of anilines is 1. The van der Waals surface area contributed by atoms with Crippen molar-refractivity contribution in [3.8, 4) is 0 Å². The van der Waals surface area contributed by atoms with Crippen molar-refractivity contribution in [1.82, 2.24) is 0 Å². The fourth-order valence-electron chi connectivity index (χ4n) is 2.33. The zero-order valence-corrected chi connectivity index (χ0v) is 14.2. The number of hydrogen-bond donors (Lipinski definition) is 0. The molecule has 1 fully saturated rings. The molecular weight excluding hydrogens is 394 g/mol. The molecule has 1 aliphatic rings. The van der Waals surface area contributed by atoms with Crippen LogP contribution in [0.1, 0.15) is 12.0 Å². The van der Waals surface area contributed by atoms with Crippen molar-refractivity contribution < 1.29 is 27.5 Å². The summed E-state index contributed by atoms with van der Waals surface area (Å²) in [6.07, 6.45) is -5.18. The van der Waals surface area contributed by atoms with Gasteiger partial charge in [0.25, 0.3) is 0 Å². The third-order valence-corrected chi connectivity index (χ3v) is 4.19. The zero-order valence-electron chi connectivity index (χ0n) is 12.0. The van der Waals surface area contributed by atoms with Gasteiger partial charge in [-0.3, -0.25) is 9.69 Å². The summed E-state index contributed by atoms with van der Waals surface area (Å²) in [4.78, 5) is 23.0. The second kappa shape index (κ2) is 6.46. The highest BCUT2D eigenvalue weighted by Crippen LogP contribution is 2.46. The molecule has 1 atom stereocenters. The van der Waals surface area contributed by atoms with E-state index in [2.05, 4.69) is 4.74 Å². The molecule has 0 saturated carbocycles. The first kappa shape index (κ1) is 18.9. The molecule has 10 heteroatoms. The fourth-order valence-corrected chi connectivity index (χ4v) is 3.29. The van der Waals surface area contributed by atoms with Crippen molar-refractivity contribution in [1.29, 1.82) is 0 Å². The Hall–Kier alpha value is -1.44. The van der Waals surface area contributed by atoms with Gasteiger partial charge in [-0.1, -0.05) is 40.9 Å². The topological polar surface area (TPSA) is 46.6 Å². The summed E-state index contributed by atoms with van der Waals surface area (Å²) < 4.78 is 42.6. The van der Waals surface area contributed by atoms with Crippen molar-refractivity contribution in [3.63, 3.8) is 0 Å². The number of benzene rings is 1. The van der Waals surface area contributed by atoms with Gasteiger partial charge in [-0.25, -0.2) is 4.79 Å². The lowest BCUT2D eigenvalue weighted by molar-refractivity contribution is -0.143. The number of rotatable bonds is 2. The summed E-state index contributed by atoms with van der Waals surface area (Å²) in [5.74, 6) is -1.75. The predicted octanol–water partition coefficient (Wildman–Crippen LogP) is 4.24. The van der Waals surface area contributed by atoms with E-state index in [0.29, 0.717) is 0 Å². The minimum atomic E-state index is -4.62. The molecule has 1 unspecified atom stereocenters. The molecule has 24 heavy (non-hydrogen) atoms. The minimum absolute atomic E-state index is 0.171. The molecule has 0 spiro atoms. The Morgan fingerprint density at radius 3 is 2.46 bits per heavy atom. The number of hydrogen-bond acceptors (Lipinski definition) is 3. The van der Waals surface area contributed by atoms with Gasteiger partial charge in [-0.2, -0.15) is 13.2 Å². The molecule has 1 heterocycles. The SMILES string of the molecule is COC(=O)C1(Cl)CC(=O)N(c2cccc(C(F)(F)F)c2)C1=C(Cl)Cl. The number of nitrogens with zero attached hydrogens (tertiary/aromatic N) is 1. The lowest BCUT2D eigenvalue weighted by Crippen LogP contribution is -2.35. The summed E-state index contributed by atoms with van der Waals surface area (Å²) >= 11 is 17.7. The summed E-state index contributed by atoms with van der Waals surface area (Å²) in [6, 6.07) is 3.92. The second-order valence-electron chi connectivity index (χ2n) is 4.86. The smallest absolute Gasteiger partial charge is 0.416 e. The molecule has 1 saturated heterocycles. The van der Waals surface area contributed by atoms with Crippen LogP contribution in [0, 0.1) is 0 Å². The molecule has 0 aromatic heterocycles. The molecule has 2 rings (SSSR count). The number of amides is 1. The van der Waals surface area contributed by atoms with Gasteiger partial charge in [-0.05, 0) is 18.2 Å². The monoisotopic (exact) mass is 401 g/mol. The fraction of sp³-hybridized carbons (Fsp3) is 0.286. The summed E-state index contributed by atoms with van der Waals surface area (Å²) in [5.41, 5.74) is -1.50. The first-order valence-corrected chi connectivity index (χ1v) is 7.49. The van der Waals surface area contributed by atoms with Gasteiger partial charge in [0, 0.05) is 5.69 Å². The van der Waals surface area contributed by atoms with E-state index in [1.165, 1.54) is 6.07 Å². The third-order valence-electron chi connectivity index (χ3n) is 3.36. The Kier molecular flexibility index (Phi) is 5.09. The number of carbonyl (C=O) groups is 2. The highest BCUT2D eigenvalue weighted by Gasteiger charge is 2.55. The maximum atomic E-state index is 12.9. The van der Waals surface area contributed by atoms with E-state index in [1.807, 2.05) is 0 Å². The minimum Gasteiger partial charge on any atom is -0.467 e. The number of esters is 1. The molecule has 0 N–H and O–H groups in total. The summed E-state index contributed by atoms with van der Waals surface area (Å²) in [6.45, 7) is 0. The molecule has 1 aromatic carbocycles. The van der Waals surface area contributed by atoms with Crippen molar-refractivity contribution in [2.45, 2.75) is 17.5 Å². The Balaban J connectivity index is 2.60. The predicted molar refractivity (Wildman–Crippen MR) is 82.9 cm³/mol. The van der Waals surface area contributed by atoms with Gasteiger partial charge < -0.3 is 4.74 Å². The van der Waals surface area contributed by atoms with Crippen LogP contribution in [0.15, 0.2) is 34.5 Å². The highest BCUT2D eigenvalue weighted by molar-refractivity contribution is 6.58. The van der Waals surface area contributed by atoms with Crippen LogP contribution in [0.2, 0.25) is 0 Å². The first-order valence-electron chi connectivity index (χ1n) is 6.35. The largest absolute Gasteiger partial charge is 0.467 e. The van der Waals surface area contributed by atoms with Gasteiger partial charge in [0.2, 0.25) is 5.91 Å². The average molecular weight is 403 g/mol. The van der Waals surface area contributed by atoms with E-state index in [1.54, 1.807) is 0 Å². The number of alkyl halides is 4. The maximum absolute atomic E-state index is 12.9. The number of halogens is 6. The Labute approximate surface area is 149 Å². The van der Waals surface area contributed by atoms with Crippen molar-refractivity contribution in [2.24, 2.45) is 0 Å². The van der Waals surface area contributed by atoms with Crippen LogP contribution in [-0.2, 0) is 20.5 Å². The van der Waals surface area contributed by atoms with Gasteiger partial charge in [0.05, 0.1) is 24.8 Å². The van der Waals surface area contributed by atoms with Crippen LogP contribution in [0.5, 0.6) is 0 Å². The second-order valence-corrected chi connectivity index (χ2v) is 6.45. The van der Waals surface area contributed by atoms with Crippen LogP contribution < -0.4 is 4.90 Å². The van der Waals surface area contributed by atoms with Gasteiger partial charge >= 0.3 is 12.1 Å². The number of carbonyl (C=O) groups excluding carboxylic acids is 2. The quantitative estimate of drug-likeness (QED) is 0.549. The van der Waals surface area contributed by atoms with Gasteiger partial charge in [-0.15, -0.1) is 0 Å². The molecule has 1 aliphatic heterocycles. The van der Waals surface area contributed by atoms with Crippen LogP contribution in [0.4, 0.5) is 18.9 Å². The van der Waals surface area contributed by atoms with E-state index < -0.39 is 39.4 Å². The van der Waals surface area contributed by atoms with Crippen LogP contribution in [0.3, 0.4) is 0 Å². The van der Waals surface area contributed by atoms with E-state index in [-0.39, 0.29) is 11.4 Å². The van der Waals surface area contributed by atoms with E-state index in [9.17, 15) is 22.8 Å². The molecule has 1 amide bonds. The van der Waals surface area contributed by atoms with E-state index in [0.717, 1.165) is 30.2 Å². The standard InChI is InChI=1S/C14H9Cl3F3NO3/c1-24-12(23)13(17)6-9(22)21(10(13)11(15)16)8-4-2-3-7(5-8)14(18,19)20/h2-5H,6H2,1H3. The number of methoxy groups -OCH3 is 1. The van der Waals surface area contributed by atoms with Crippen molar-refractivity contribution in [2.75, 3.05) is 12.0 Å². The lowest BCUT2D eigenvalue weighted by Gasteiger charge is -2.24. The average Bonchev–Trinajstić information content (AvgIpc) is 2.77. The Morgan fingerprint density at radius 1 is 1.33 bits per heavy atom. The van der Waals surface area contributed by atoms with Crippen LogP contribution in [0.25, 0.3) is 0 Å².